The summed E-state index contributed by atoms with van der Waals surface area (Å²) >= 11 is 0. The Morgan fingerprint density at radius 3 is 2.50 bits per heavy atom. The number of aliphatic hydroxyl groups excluding tert-OH is 1. The number of hydrogen-bond acceptors (Lipinski definition) is 8. The van der Waals surface area contributed by atoms with E-state index < -0.39 is 27.0 Å². The Balaban J connectivity index is 2.40. The molecule has 0 aliphatic carbocycles. The molecule has 12 heteroatoms. The maximum atomic E-state index is 12.5. The van der Waals surface area contributed by atoms with E-state index >= 15 is 0 Å². The van der Waals surface area contributed by atoms with Crippen molar-refractivity contribution in [3.63, 3.8) is 0 Å². The van der Waals surface area contributed by atoms with Gasteiger partial charge in [0.15, 0.2) is 5.60 Å². The summed E-state index contributed by atoms with van der Waals surface area (Å²) < 4.78 is 79.1. The molecule has 0 unspecified atom stereocenters. The van der Waals surface area contributed by atoms with E-state index in [-0.39, 0.29) is 38.0 Å². The number of methoxy groups -OCH3 is 1. The molecule has 1 saturated heterocycles. The molecule has 1 N–H and O–H groups in total. The van der Waals surface area contributed by atoms with Crippen molar-refractivity contribution in [1.82, 2.24) is 4.98 Å². The first kappa shape index (κ1) is 18.7. The molecular weight excluding hydrogens is 359 g/mol. The molecule has 1 aliphatic heterocycles. The summed E-state index contributed by atoms with van der Waals surface area (Å²) in [5, 5.41) is 8.75. The molecule has 0 bridgehead atoms. The third kappa shape index (κ3) is 3.71. The molecule has 1 aromatic heterocycles. The van der Waals surface area contributed by atoms with Crippen LogP contribution in [-0.2, 0) is 25.2 Å². The van der Waals surface area contributed by atoms with Crippen LogP contribution in [0.5, 0.6) is 11.6 Å². The van der Waals surface area contributed by atoms with Gasteiger partial charge in [0.25, 0.3) is 0 Å². The zero-order valence-corrected chi connectivity index (χ0v) is 13.2. The average molecular weight is 373 g/mol. The quantitative estimate of drug-likeness (QED) is 0.546. The molecule has 1 fully saturated rings. The summed E-state index contributed by atoms with van der Waals surface area (Å²) in [5.74, 6) is -0.870. The van der Waals surface area contributed by atoms with E-state index in [1.165, 1.54) is 7.11 Å². The van der Waals surface area contributed by atoms with Crippen molar-refractivity contribution < 1.29 is 45.1 Å². The zero-order chi connectivity index (χ0) is 18.0. The number of nitrogens with zero attached hydrogens (tertiary/aromatic N) is 1. The maximum Gasteiger partial charge on any atom is 0.534 e. The highest BCUT2D eigenvalue weighted by molar-refractivity contribution is 7.88. The average Bonchev–Trinajstić information content (AvgIpc) is 2.42. The minimum absolute atomic E-state index is 0.0748. The number of aliphatic hydroxyl groups is 1. The van der Waals surface area contributed by atoms with Gasteiger partial charge in [0.2, 0.25) is 5.88 Å². The second-order valence-electron chi connectivity index (χ2n) is 4.77. The van der Waals surface area contributed by atoms with Gasteiger partial charge in [-0.2, -0.15) is 21.6 Å². The Kier molecular flexibility index (Phi) is 5.22. The van der Waals surface area contributed by atoms with E-state index in [1.807, 2.05) is 0 Å². The SMILES string of the molecule is COC1(c2cc(OS(=O)(=O)C(F)(F)F)cc(OCCO)n2)COC1. The molecule has 0 saturated carbocycles. The fourth-order valence-electron chi connectivity index (χ4n) is 1.82. The lowest BCUT2D eigenvalue weighted by Gasteiger charge is -2.39. The molecular formula is C12H14F3NO7S. The summed E-state index contributed by atoms with van der Waals surface area (Å²) in [6.45, 7) is -0.420. The highest BCUT2D eigenvalue weighted by Crippen LogP contribution is 2.36. The Hall–Kier alpha value is -1.63. The van der Waals surface area contributed by atoms with Gasteiger partial charge in [0.05, 0.1) is 25.5 Å². The molecule has 0 amide bonds. The van der Waals surface area contributed by atoms with E-state index in [9.17, 15) is 21.6 Å². The van der Waals surface area contributed by atoms with E-state index in [0.717, 1.165) is 12.1 Å². The fraction of sp³-hybridized carbons (Fsp3) is 0.583. The van der Waals surface area contributed by atoms with Crippen LogP contribution in [0.25, 0.3) is 0 Å². The van der Waals surface area contributed by atoms with Crippen molar-refractivity contribution in [1.29, 1.82) is 0 Å². The molecule has 0 aromatic carbocycles. The lowest BCUT2D eigenvalue weighted by atomic mass is 9.96. The molecule has 2 rings (SSSR count). The Morgan fingerprint density at radius 1 is 1.38 bits per heavy atom. The molecule has 136 valence electrons. The molecule has 0 spiro atoms. The van der Waals surface area contributed by atoms with Gasteiger partial charge in [0.1, 0.15) is 12.4 Å². The Labute approximate surface area is 135 Å². The van der Waals surface area contributed by atoms with Crippen LogP contribution in [-0.4, -0.2) is 57.6 Å². The van der Waals surface area contributed by atoms with E-state index in [1.54, 1.807) is 0 Å². The lowest BCUT2D eigenvalue weighted by Crippen LogP contribution is -2.48. The molecule has 0 radical (unpaired) electrons. The van der Waals surface area contributed by atoms with Crippen LogP contribution in [0.3, 0.4) is 0 Å². The Bertz CT molecular complexity index is 683. The van der Waals surface area contributed by atoms with Gasteiger partial charge in [-0.05, 0) is 0 Å². The second kappa shape index (κ2) is 6.70. The van der Waals surface area contributed by atoms with Gasteiger partial charge < -0.3 is 23.5 Å². The molecule has 2 heterocycles. The molecule has 1 aromatic rings. The van der Waals surface area contributed by atoms with Crippen molar-refractivity contribution in [3.05, 3.63) is 17.8 Å². The van der Waals surface area contributed by atoms with Gasteiger partial charge in [-0.3, -0.25) is 0 Å². The first-order valence-electron chi connectivity index (χ1n) is 6.53. The summed E-state index contributed by atoms with van der Waals surface area (Å²) in [5.41, 5.74) is -6.54. The van der Waals surface area contributed by atoms with Gasteiger partial charge in [0, 0.05) is 19.2 Å². The van der Waals surface area contributed by atoms with Gasteiger partial charge in [-0.1, -0.05) is 0 Å². The Morgan fingerprint density at radius 2 is 2.04 bits per heavy atom. The molecule has 8 nitrogen and oxygen atoms in total. The van der Waals surface area contributed by atoms with Crippen LogP contribution in [0, 0.1) is 0 Å². The molecule has 24 heavy (non-hydrogen) atoms. The third-order valence-corrected chi connectivity index (χ3v) is 4.11. The van der Waals surface area contributed by atoms with E-state index in [4.69, 9.17) is 19.3 Å². The largest absolute Gasteiger partial charge is 0.534 e. The number of halogens is 3. The smallest absolute Gasteiger partial charge is 0.475 e. The topological polar surface area (TPSA) is 104 Å². The van der Waals surface area contributed by atoms with Crippen molar-refractivity contribution in [2.75, 3.05) is 33.5 Å². The predicted octanol–water partition coefficient (Wildman–Crippen LogP) is 0.553. The molecule has 0 atom stereocenters. The summed E-state index contributed by atoms with van der Waals surface area (Å²) in [4.78, 5) is 4.03. The summed E-state index contributed by atoms with van der Waals surface area (Å²) in [7, 11) is -4.50. The van der Waals surface area contributed by atoms with Crippen LogP contribution in [0.15, 0.2) is 12.1 Å². The minimum Gasteiger partial charge on any atom is -0.475 e. The monoisotopic (exact) mass is 373 g/mol. The van der Waals surface area contributed by atoms with E-state index in [2.05, 4.69) is 9.17 Å². The number of rotatable bonds is 7. The van der Waals surface area contributed by atoms with Crippen LogP contribution >= 0.6 is 0 Å². The molecule has 1 aliphatic rings. The predicted molar refractivity (Wildman–Crippen MR) is 71.9 cm³/mol. The fourth-order valence-corrected chi connectivity index (χ4v) is 2.26. The third-order valence-electron chi connectivity index (χ3n) is 3.13. The minimum atomic E-state index is -5.85. The van der Waals surface area contributed by atoms with Crippen LogP contribution in [0.1, 0.15) is 5.69 Å². The number of ether oxygens (including phenoxy) is 3. The first-order chi connectivity index (χ1) is 11.1. The normalized spacial score (nSPS) is 17.2. The second-order valence-corrected chi connectivity index (χ2v) is 6.31. The summed E-state index contributed by atoms with van der Waals surface area (Å²) in [6.07, 6.45) is 0. The highest BCUT2D eigenvalue weighted by atomic mass is 32.2. The number of pyridine rings is 1. The number of alkyl halides is 3. The summed E-state index contributed by atoms with van der Waals surface area (Å²) in [6, 6.07) is 1.87. The highest BCUT2D eigenvalue weighted by Gasteiger charge is 2.49. The van der Waals surface area contributed by atoms with Crippen LogP contribution in [0.2, 0.25) is 0 Å². The number of hydrogen-bond donors (Lipinski definition) is 1. The van der Waals surface area contributed by atoms with Gasteiger partial charge in [-0.25, -0.2) is 4.98 Å². The van der Waals surface area contributed by atoms with Crippen molar-refractivity contribution in [3.8, 4) is 11.6 Å². The standard InChI is InChI=1S/C12H14F3NO7S/c1-20-11(6-21-7-11)9-4-8(5-10(16-9)22-3-2-17)23-24(18,19)12(13,14)15/h4-5,17H,2-3,6-7H2,1H3. The van der Waals surface area contributed by atoms with Crippen molar-refractivity contribution >= 4 is 10.1 Å². The van der Waals surface area contributed by atoms with Crippen molar-refractivity contribution in [2.45, 2.75) is 11.1 Å². The maximum absolute atomic E-state index is 12.5. The first-order valence-corrected chi connectivity index (χ1v) is 7.94. The van der Waals surface area contributed by atoms with Crippen LogP contribution < -0.4 is 8.92 Å². The van der Waals surface area contributed by atoms with Gasteiger partial charge in [-0.15, -0.1) is 0 Å². The van der Waals surface area contributed by atoms with Crippen molar-refractivity contribution in [2.24, 2.45) is 0 Å². The lowest BCUT2D eigenvalue weighted by molar-refractivity contribution is -0.204. The number of aromatic nitrogens is 1. The van der Waals surface area contributed by atoms with Gasteiger partial charge >= 0.3 is 15.6 Å². The van der Waals surface area contributed by atoms with E-state index in [0.29, 0.717) is 0 Å². The van der Waals surface area contributed by atoms with Crippen LogP contribution in [0.4, 0.5) is 13.2 Å². The zero-order valence-electron chi connectivity index (χ0n) is 12.4.